The van der Waals surface area contributed by atoms with Crippen molar-refractivity contribution in [2.75, 3.05) is 0 Å². The predicted molar refractivity (Wildman–Crippen MR) is 45.8 cm³/mol. The average Bonchev–Trinajstić information content (AvgIpc) is 2.29. The summed E-state index contributed by atoms with van der Waals surface area (Å²) in [6.07, 6.45) is 5.07. The van der Waals surface area contributed by atoms with Crippen LogP contribution in [0.4, 0.5) is 0 Å². The molecule has 1 rings (SSSR count). The highest BCUT2D eigenvalue weighted by atomic mass is 15.4. The molecule has 0 saturated heterocycles. The zero-order chi connectivity index (χ0) is 8.27. The first-order valence-electron chi connectivity index (χ1n) is 3.42. The lowest BCUT2D eigenvalue weighted by Crippen LogP contribution is -1.93. The Bertz CT molecular complexity index is 264. The van der Waals surface area contributed by atoms with Crippen LogP contribution >= 0.6 is 0 Å². The molecular formula is C8H11N3. The fraction of sp³-hybridized carbons (Fsp3) is 0.250. The first-order chi connectivity index (χ1) is 5.25. The number of aryl methyl sites for hydroxylation is 2. The van der Waals surface area contributed by atoms with E-state index >= 15 is 0 Å². The number of aromatic nitrogens is 2. The van der Waals surface area contributed by atoms with Crippen LogP contribution < -0.4 is 0 Å². The van der Waals surface area contributed by atoms with Crippen LogP contribution in [-0.4, -0.2) is 15.9 Å². The molecule has 0 aliphatic carbocycles. The van der Waals surface area contributed by atoms with Crippen molar-refractivity contribution in [2.24, 2.45) is 5.10 Å². The van der Waals surface area contributed by atoms with Gasteiger partial charge in [0.2, 0.25) is 0 Å². The van der Waals surface area contributed by atoms with Gasteiger partial charge in [-0.2, -0.15) is 5.10 Å². The van der Waals surface area contributed by atoms with Gasteiger partial charge in [-0.15, -0.1) is 0 Å². The van der Waals surface area contributed by atoms with Crippen molar-refractivity contribution in [3.05, 3.63) is 30.4 Å². The summed E-state index contributed by atoms with van der Waals surface area (Å²) >= 11 is 0. The van der Waals surface area contributed by atoms with Crippen molar-refractivity contribution in [3.63, 3.8) is 0 Å². The number of imidazole rings is 1. The molecule has 1 aromatic heterocycles. The second kappa shape index (κ2) is 3.14. The monoisotopic (exact) mass is 149 g/mol. The Labute approximate surface area is 66.1 Å². The normalized spacial score (nSPS) is 10.7. The molecule has 0 atom stereocenters. The van der Waals surface area contributed by atoms with Crippen LogP contribution in [0.15, 0.2) is 24.0 Å². The van der Waals surface area contributed by atoms with Crippen LogP contribution in [0.1, 0.15) is 11.5 Å². The van der Waals surface area contributed by atoms with Gasteiger partial charge in [0, 0.05) is 6.21 Å². The minimum atomic E-state index is 0.889. The van der Waals surface area contributed by atoms with Gasteiger partial charge in [0.15, 0.2) is 0 Å². The van der Waals surface area contributed by atoms with Crippen LogP contribution in [0.3, 0.4) is 0 Å². The van der Waals surface area contributed by atoms with E-state index in [0.29, 0.717) is 0 Å². The van der Waals surface area contributed by atoms with Crippen LogP contribution in [0.2, 0.25) is 0 Å². The van der Waals surface area contributed by atoms with Gasteiger partial charge in [-0.25, -0.2) is 9.66 Å². The summed E-state index contributed by atoms with van der Waals surface area (Å²) in [6.45, 7) is 7.41. The second-order valence-electron chi connectivity index (χ2n) is 2.26. The molecule has 3 heteroatoms. The third-order valence-electron chi connectivity index (χ3n) is 1.37. The maximum Gasteiger partial charge on any atom is 0.127 e. The van der Waals surface area contributed by atoms with Crippen molar-refractivity contribution < 1.29 is 0 Å². The van der Waals surface area contributed by atoms with Gasteiger partial charge in [0.1, 0.15) is 5.82 Å². The molecule has 0 bridgehead atoms. The highest BCUT2D eigenvalue weighted by molar-refractivity contribution is 5.69. The molecule has 0 unspecified atom stereocenters. The molecule has 0 fully saturated rings. The van der Waals surface area contributed by atoms with E-state index in [-0.39, 0.29) is 0 Å². The lowest BCUT2D eigenvalue weighted by molar-refractivity contribution is 0.804. The molecule has 0 aliphatic rings. The molecule has 0 radical (unpaired) electrons. The molecule has 0 amide bonds. The average molecular weight is 149 g/mol. The molecule has 1 aromatic rings. The van der Waals surface area contributed by atoms with E-state index in [4.69, 9.17) is 0 Å². The van der Waals surface area contributed by atoms with Crippen molar-refractivity contribution in [2.45, 2.75) is 13.8 Å². The molecule has 0 N–H and O–H groups in total. The SMILES string of the molecule is C=C/C=N\n1c(C)cnc1C. The lowest BCUT2D eigenvalue weighted by Gasteiger charge is -1.96. The minimum Gasteiger partial charge on any atom is -0.240 e. The van der Waals surface area contributed by atoms with E-state index in [1.807, 2.05) is 13.8 Å². The summed E-state index contributed by atoms with van der Waals surface area (Å²) < 4.78 is 1.77. The summed E-state index contributed by atoms with van der Waals surface area (Å²) in [5, 5.41) is 4.09. The molecule has 0 spiro atoms. The van der Waals surface area contributed by atoms with Gasteiger partial charge < -0.3 is 0 Å². The van der Waals surface area contributed by atoms with Gasteiger partial charge in [-0.05, 0) is 19.9 Å². The maximum atomic E-state index is 4.09. The van der Waals surface area contributed by atoms with Gasteiger partial charge in [0.05, 0.1) is 11.9 Å². The molecule has 3 nitrogen and oxygen atoms in total. The molecule has 58 valence electrons. The predicted octanol–water partition coefficient (Wildman–Crippen LogP) is 1.52. The fourth-order valence-corrected chi connectivity index (χ4v) is 0.840. The third-order valence-corrected chi connectivity index (χ3v) is 1.37. The third kappa shape index (κ3) is 1.55. The highest BCUT2D eigenvalue weighted by Crippen LogP contribution is 2.00. The smallest absolute Gasteiger partial charge is 0.127 e. The Morgan fingerprint density at radius 2 is 2.36 bits per heavy atom. The van der Waals surface area contributed by atoms with E-state index in [1.165, 1.54) is 0 Å². The maximum absolute atomic E-state index is 4.09. The number of nitrogens with zero attached hydrogens (tertiary/aromatic N) is 3. The van der Waals surface area contributed by atoms with E-state index in [1.54, 1.807) is 23.2 Å². The van der Waals surface area contributed by atoms with Crippen molar-refractivity contribution in [1.82, 2.24) is 9.66 Å². The lowest BCUT2D eigenvalue weighted by atomic mass is 10.6. The number of hydrogen-bond acceptors (Lipinski definition) is 2. The van der Waals surface area contributed by atoms with E-state index in [0.717, 1.165) is 11.5 Å². The largest absolute Gasteiger partial charge is 0.240 e. The quantitative estimate of drug-likeness (QED) is 0.586. The van der Waals surface area contributed by atoms with Crippen molar-refractivity contribution in [1.29, 1.82) is 0 Å². The summed E-state index contributed by atoms with van der Waals surface area (Å²) in [6, 6.07) is 0. The Morgan fingerprint density at radius 3 is 2.82 bits per heavy atom. The summed E-state index contributed by atoms with van der Waals surface area (Å²) in [4.78, 5) is 4.08. The fourth-order valence-electron chi connectivity index (χ4n) is 0.840. The van der Waals surface area contributed by atoms with Crippen LogP contribution in [-0.2, 0) is 0 Å². The topological polar surface area (TPSA) is 30.2 Å². The van der Waals surface area contributed by atoms with E-state index in [9.17, 15) is 0 Å². The van der Waals surface area contributed by atoms with E-state index in [2.05, 4.69) is 16.7 Å². The van der Waals surface area contributed by atoms with E-state index < -0.39 is 0 Å². The zero-order valence-corrected chi connectivity index (χ0v) is 6.78. The molecule has 11 heavy (non-hydrogen) atoms. The number of allylic oxidation sites excluding steroid dienone is 1. The standard InChI is InChI=1S/C8H11N3/c1-4-5-10-11-7(2)6-9-8(11)3/h4-6H,1H2,2-3H3/b10-5-. The first kappa shape index (κ1) is 7.72. The van der Waals surface area contributed by atoms with Crippen LogP contribution in [0, 0.1) is 13.8 Å². The van der Waals surface area contributed by atoms with Crippen molar-refractivity contribution in [3.8, 4) is 0 Å². The summed E-state index contributed by atoms with van der Waals surface area (Å²) in [7, 11) is 0. The van der Waals surface area contributed by atoms with Crippen molar-refractivity contribution >= 4 is 6.21 Å². The summed E-state index contributed by atoms with van der Waals surface area (Å²) in [5.74, 6) is 0.889. The van der Waals surface area contributed by atoms with Crippen LogP contribution in [0.25, 0.3) is 0 Å². The van der Waals surface area contributed by atoms with Crippen LogP contribution in [0.5, 0.6) is 0 Å². The Kier molecular flexibility index (Phi) is 2.21. The Balaban J connectivity index is 3.00. The minimum absolute atomic E-state index is 0.889. The second-order valence-corrected chi connectivity index (χ2v) is 2.26. The van der Waals surface area contributed by atoms with Gasteiger partial charge in [0.25, 0.3) is 0 Å². The Hall–Kier alpha value is -1.38. The molecule has 0 aliphatic heterocycles. The number of rotatable bonds is 2. The van der Waals surface area contributed by atoms with Gasteiger partial charge >= 0.3 is 0 Å². The molecule has 0 aromatic carbocycles. The molecular weight excluding hydrogens is 138 g/mol. The van der Waals surface area contributed by atoms with Gasteiger partial charge in [-0.1, -0.05) is 6.58 Å². The first-order valence-corrected chi connectivity index (χ1v) is 3.42. The summed E-state index contributed by atoms with van der Waals surface area (Å²) in [5.41, 5.74) is 1.03. The zero-order valence-electron chi connectivity index (χ0n) is 6.78. The highest BCUT2D eigenvalue weighted by Gasteiger charge is 1.97. The van der Waals surface area contributed by atoms with Gasteiger partial charge in [-0.3, -0.25) is 0 Å². The number of hydrogen-bond donors (Lipinski definition) is 0. The molecule has 0 saturated carbocycles. The Morgan fingerprint density at radius 1 is 1.64 bits per heavy atom. The molecule has 1 heterocycles.